The highest BCUT2D eigenvalue weighted by Crippen LogP contribution is 2.29. The van der Waals surface area contributed by atoms with Crippen LogP contribution in [0.2, 0.25) is 0 Å². The van der Waals surface area contributed by atoms with Gasteiger partial charge in [0.2, 0.25) is 0 Å². The Morgan fingerprint density at radius 2 is 1.83 bits per heavy atom. The smallest absolute Gasteiger partial charge is 0.256 e. The fraction of sp³-hybridized carbons (Fsp3) is 0.632. The number of anilines is 1. The van der Waals surface area contributed by atoms with Crippen LogP contribution in [0.1, 0.15) is 58.1 Å². The van der Waals surface area contributed by atoms with Crippen molar-refractivity contribution in [1.29, 1.82) is 0 Å². The van der Waals surface area contributed by atoms with Gasteiger partial charge in [-0.15, -0.1) is 0 Å². The highest BCUT2D eigenvalue weighted by molar-refractivity contribution is 5.97. The molecule has 0 radical (unpaired) electrons. The molecule has 0 bridgehead atoms. The molecule has 4 nitrogen and oxygen atoms in total. The first kappa shape index (κ1) is 19.5. The molecule has 1 aromatic carbocycles. The van der Waals surface area contributed by atoms with Crippen molar-refractivity contribution in [2.24, 2.45) is 0 Å². The zero-order valence-corrected chi connectivity index (χ0v) is 15.6. The molecule has 0 aromatic heterocycles. The van der Waals surface area contributed by atoms with Crippen molar-refractivity contribution in [1.82, 2.24) is 0 Å². The number of carbonyl (C=O) groups is 1. The van der Waals surface area contributed by atoms with E-state index in [-0.39, 0.29) is 12.0 Å². The van der Waals surface area contributed by atoms with Gasteiger partial charge in [0.25, 0.3) is 5.91 Å². The van der Waals surface area contributed by atoms with Crippen LogP contribution < -0.4 is 10.1 Å². The molecule has 1 N–H and O–H groups in total. The van der Waals surface area contributed by atoms with Crippen LogP contribution in [0.3, 0.4) is 0 Å². The summed E-state index contributed by atoms with van der Waals surface area (Å²) in [6.45, 7) is 12.0. The molecule has 0 saturated heterocycles. The Balaban J connectivity index is 2.97. The second-order valence-corrected chi connectivity index (χ2v) is 6.41. The predicted octanol–water partition coefficient (Wildman–Crippen LogP) is 4.62. The maximum Gasteiger partial charge on any atom is 0.256 e. The zero-order valence-electron chi connectivity index (χ0n) is 15.6. The lowest BCUT2D eigenvalue weighted by Crippen LogP contribution is -2.41. The Morgan fingerprint density at radius 1 is 1.26 bits per heavy atom. The summed E-state index contributed by atoms with van der Waals surface area (Å²) >= 11 is 0. The predicted molar refractivity (Wildman–Crippen MR) is 95.2 cm³/mol. The average molecular weight is 321 g/mol. The van der Waals surface area contributed by atoms with Crippen molar-refractivity contribution < 1.29 is 14.3 Å². The molecule has 0 aliphatic heterocycles. The molecule has 0 aliphatic rings. The highest BCUT2D eigenvalue weighted by Gasteiger charge is 2.32. The fourth-order valence-electron chi connectivity index (χ4n) is 2.54. The molecule has 130 valence electrons. The van der Waals surface area contributed by atoms with Gasteiger partial charge in [-0.05, 0) is 63.8 Å². The minimum absolute atomic E-state index is 0.115. The molecule has 2 atom stereocenters. The quantitative estimate of drug-likeness (QED) is 0.759. The second kappa shape index (κ2) is 8.34. The van der Waals surface area contributed by atoms with Gasteiger partial charge >= 0.3 is 0 Å². The largest absolute Gasteiger partial charge is 0.490 e. The monoisotopic (exact) mass is 321 g/mol. The molecule has 1 aromatic rings. The van der Waals surface area contributed by atoms with Crippen molar-refractivity contribution in [3.8, 4) is 5.75 Å². The molecular weight excluding hydrogens is 290 g/mol. The summed E-state index contributed by atoms with van der Waals surface area (Å²) in [5.41, 5.74) is 2.02. The molecule has 0 saturated carbocycles. The number of rotatable bonds is 8. The molecule has 23 heavy (non-hydrogen) atoms. The molecule has 0 heterocycles. The van der Waals surface area contributed by atoms with Crippen LogP contribution >= 0.6 is 0 Å². The Bertz CT molecular complexity index is 518. The van der Waals surface area contributed by atoms with Gasteiger partial charge in [-0.25, -0.2) is 0 Å². The summed E-state index contributed by atoms with van der Waals surface area (Å²) in [5, 5.41) is 2.97. The molecule has 1 rings (SSSR count). The van der Waals surface area contributed by atoms with Crippen molar-refractivity contribution in [2.45, 2.75) is 72.5 Å². The summed E-state index contributed by atoms with van der Waals surface area (Å²) in [6.07, 6.45) is 2.70. The molecule has 0 fully saturated rings. The standard InChI is InChI=1S/C19H31NO3/c1-8-10-19(6,22-7)18(21)20-16-11-13(3)17(14(4)12-16)23-15(5)9-2/h11-12,15H,8-10H2,1-7H3,(H,20,21). The van der Waals surface area contributed by atoms with Gasteiger partial charge in [-0.2, -0.15) is 0 Å². The van der Waals surface area contributed by atoms with E-state index in [4.69, 9.17) is 9.47 Å². The molecule has 4 heteroatoms. The van der Waals surface area contributed by atoms with E-state index in [2.05, 4.69) is 19.2 Å². The van der Waals surface area contributed by atoms with Gasteiger partial charge in [0.1, 0.15) is 11.4 Å². The zero-order chi connectivity index (χ0) is 17.6. The first-order chi connectivity index (χ1) is 10.8. The maximum atomic E-state index is 12.5. The van der Waals surface area contributed by atoms with Gasteiger partial charge in [-0.3, -0.25) is 4.79 Å². The number of benzene rings is 1. The topological polar surface area (TPSA) is 47.6 Å². The Morgan fingerprint density at radius 3 is 2.26 bits per heavy atom. The first-order valence-electron chi connectivity index (χ1n) is 8.41. The Hall–Kier alpha value is -1.55. The lowest BCUT2D eigenvalue weighted by molar-refractivity contribution is -0.136. The van der Waals surface area contributed by atoms with Crippen molar-refractivity contribution >= 4 is 11.6 Å². The minimum atomic E-state index is -0.803. The van der Waals surface area contributed by atoms with E-state index in [1.54, 1.807) is 7.11 Å². The molecular formula is C19H31NO3. The van der Waals surface area contributed by atoms with Crippen LogP contribution in [0.25, 0.3) is 0 Å². The second-order valence-electron chi connectivity index (χ2n) is 6.41. The number of amides is 1. The number of hydrogen-bond donors (Lipinski definition) is 1. The van der Waals surface area contributed by atoms with Gasteiger partial charge in [0.05, 0.1) is 6.10 Å². The maximum absolute atomic E-state index is 12.5. The van der Waals surface area contributed by atoms with E-state index in [0.717, 1.165) is 35.4 Å². The lowest BCUT2D eigenvalue weighted by Gasteiger charge is -2.26. The van der Waals surface area contributed by atoms with Gasteiger partial charge in [0.15, 0.2) is 0 Å². The summed E-state index contributed by atoms with van der Waals surface area (Å²) in [4.78, 5) is 12.5. The van der Waals surface area contributed by atoms with Crippen molar-refractivity contribution in [3.63, 3.8) is 0 Å². The van der Waals surface area contributed by atoms with Gasteiger partial charge in [0, 0.05) is 12.8 Å². The van der Waals surface area contributed by atoms with Crippen LogP contribution in [0.15, 0.2) is 12.1 Å². The van der Waals surface area contributed by atoms with Crippen molar-refractivity contribution in [2.75, 3.05) is 12.4 Å². The summed E-state index contributed by atoms with van der Waals surface area (Å²) in [6, 6.07) is 3.90. The third-order valence-corrected chi connectivity index (χ3v) is 4.27. The van der Waals surface area contributed by atoms with E-state index >= 15 is 0 Å². The normalized spacial score (nSPS) is 14.9. The third kappa shape index (κ3) is 4.96. The Kier molecular flexibility index (Phi) is 7.07. The first-order valence-corrected chi connectivity index (χ1v) is 8.41. The third-order valence-electron chi connectivity index (χ3n) is 4.27. The number of carbonyl (C=O) groups excluding carboxylic acids is 1. The average Bonchev–Trinajstić information content (AvgIpc) is 2.50. The number of aryl methyl sites for hydroxylation is 2. The van der Waals surface area contributed by atoms with E-state index < -0.39 is 5.60 Å². The molecule has 1 amide bonds. The van der Waals surface area contributed by atoms with Crippen LogP contribution in [-0.2, 0) is 9.53 Å². The van der Waals surface area contributed by atoms with Crippen LogP contribution in [0.5, 0.6) is 5.75 Å². The SMILES string of the molecule is CCCC(C)(OC)C(=O)Nc1cc(C)c(OC(C)CC)c(C)c1. The number of hydrogen-bond acceptors (Lipinski definition) is 3. The summed E-state index contributed by atoms with van der Waals surface area (Å²) in [5.74, 6) is 0.789. The minimum Gasteiger partial charge on any atom is -0.490 e. The van der Waals surface area contributed by atoms with E-state index in [1.807, 2.05) is 39.8 Å². The van der Waals surface area contributed by atoms with Gasteiger partial charge < -0.3 is 14.8 Å². The molecule has 0 aliphatic carbocycles. The molecule has 2 unspecified atom stereocenters. The number of ether oxygens (including phenoxy) is 2. The number of methoxy groups -OCH3 is 1. The summed E-state index contributed by atoms with van der Waals surface area (Å²) in [7, 11) is 1.58. The lowest BCUT2D eigenvalue weighted by atomic mass is 9.99. The van der Waals surface area contributed by atoms with Crippen molar-refractivity contribution in [3.05, 3.63) is 23.3 Å². The highest BCUT2D eigenvalue weighted by atomic mass is 16.5. The van der Waals surface area contributed by atoms with E-state index in [9.17, 15) is 4.79 Å². The van der Waals surface area contributed by atoms with E-state index in [1.165, 1.54) is 0 Å². The molecule has 0 spiro atoms. The van der Waals surface area contributed by atoms with Crippen LogP contribution in [-0.4, -0.2) is 24.7 Å². The number of nitrogens with one attached hydrogen (secondary N) is 1. The summed E-state index contributed by atoms with van der Waals surface area (Å²) < 4.78 is 11.4. The van der Waals surface area contributed by atoms with Crippen LogP contribution in [0, 0.1) is 13.8 Å². The van der Waals surface area contributed by atoms with Crippen LogP contribution in [0.4, 0.5) is 5.69 Å². The van der Waals surface area contributed by atoms with E-state index in [0.29, 0.717) is 6.42 Å². The Labute approximate surface area is 140 Å². The fourth-order valence-corrected chi connectivity index (χ4v) is 2.54. The van der Waals surface area contributed by atoms with Gasteiger partial charge in [-0.1, -0.05) is 20.3 Å².